The van der Waals surface area contributed by atoms with Gasteiger partial charge in [0.15, 0.2) is 0 Å². The maximum Gasteiger partial charge on any atom is 0.273 e. The summed E-state index contributed by atoms with van der Waals surface area (Å²) in [5.74, 6) is -0.270. The molecule has 0 saturated carbocycles. The summed E-state index contributed by atoms with van der Waals surface area (Å²) in [5, 5.41) is 20.9. The van der Waals surface area contributed by atoms with E-state index in [1.165, 1.54) is 11.0 Å². The summed E-state index contributed by atoms with van der Waals surface area (Å²) in [6, 6.07) is 4.46. The number of amides is 1. The Kier molecular flexibility index (Phi) is 3.76. The van der Waals surface area contributed by atoms with Crippen LogP contribution in [0, 0.1) is 17.0 Å². The Hall–Kier alpha value is -1.95. The highest BCUT2D eigenvalue weighted by atomic mass is 16.6. The van der Waals surface area contributed by atoms with E-state index in [9.17, 15) is 20.0 Å². The second kappa shape index (κ2) is 5.20. The number of carbonyl (C=O) groups is 1. The lowest BCUT2D eigenvalue weighted by molar-refractivity contribution is -0.385. The van der Waals surface area contributed by atoms with E-state index in [4.69, 9.17) is 0 Å². The van der Waals surface area contributed by atoms with Crippen LogP contribution in [0.2, 0.25) is 0 Å². The Morgan fingerprint density at radius 2 is 2.15 bits per heavy atom. The van der Waals surface area contributed by atoms with E-state index in [0.717, 1.165) is 6.42 Å². The van der Waals surface area contributed by atoms with E-state index in [2.05, 4.69) is 0 Å². The number of aliphatic hydroxyl groups is 1. The number of nitro groups is 1. The van der Waals surface area contributed by atoms with Crippen molar-refractivity contribution in [2.45, 2.75) is 32.3 Å². The summed E-state index contributed by atoms with van der Waals surface area (Å²) < 4.78 is 0. The van der Waals surface area contributed by atoms with Gasteiger partial charge in [-0.2, -0.15) is 0 Å². The number of hydrogen-bond acceptors (Lipinski definition) is 4. The molecule has 1 saturated heterocycles. The van der Waals surface area contributed by atoms with Crippen LogP contribution < -0.4 is 0 Å². The number of hydrogen-bond donors (Lipinski definition) is 1. The van der Waals surface area contributed by atoms with E-state index in [1.54, 1.807) is 19.1 Å². The molecule has 20 heavy (non-hydrogen) atoms. The third-order valence-electron chi connectivity index (χ3n) is 3.63. The van der Waals surface area contributed by atoms with Gasteiger partial charge in [0.1, 0.15) is 0 Å². The van der Waals surface area contributed by atoms with Gasteiger partial charge in [-0.25, -0.2) is 0 Å². The summed E-state index contributed by atoms with van der Waals surface area (Å²) in [5.41, 5.74) is -0.0280. The Balaban J connectivity index is 2.12. The molecule has 0 aromatic heterocycles. The van der Waals surface area contributed by atoms with Gasteiger partial charge in [0.2, 0.25) is 0 Å². The maximum absolute atomic E-state index is 12.2. The summed E-state index contributed by atoms with van der Waals surface area (Å²) in [6.07, 6.45) is 1.51. The summed E-state index contributed by atoms with van der Waals surface area (Å²) in [6.45, 7) is 4.20. The molecule has 0 aliphatic carbocycles. The zero-order chi connectivity index (χ0) is 14.9. The average Bonchev–Trinajstić information content (AvgIpc) is 2.35. The van der Waals surface area contributed by atoms with Crippen molar-refractivity contribution in [1.82, 2.24) is 4.90 Å². The number of benzene rings is 1. The molecule has 0 spiro atoms. The molecule has 1 heterocycles. The second-order valence-corrected chi connectivity index (χ2v) is 5.39. The van der Waals surface area contributed by atoms with Crippen LogP contribution in [-0.4, -0.2) is 39.5 Å². The number of likely N-dealkylation sites (tertiary alicyclic amines) is 1. The Labute approximate surface area is 117 Å². The van der Waals surface area contributed by atoms with Crippen molar-refractivity contribution in [1.29, 1.82) is 0 Å². The fourth-order valence-electron chi connectivity index (χ4n) is 2.55. The van der Waals surface area contributed by atoms with Gasteiger partial charge in [-0.1, -0.05) is 19.4 Å². The van der Waals surface area contributed by atoms with Crippen LogP contribution in [0.1, 0.15) is 35.7 Å². The zero-order valence-corrected chi connectivity index (χ0v) is 11.6. The Morgan fingerprint density at radius 3 is 2.70 bits per heavy atom. The highest BCUT2D eigenvalue weighted by molar-refractivity contribution is 5.95. The molecule has 6 heteroatoms. The predicted molar refractivity (Wildman–Crippen MR) is 73.6 cm³/mol. The molecule has 1 fully saturated rings. The molecule has 0 unspecified atom stereocenters. The minimum Gasteiger partial charge on any atom is -0.386 e. The highest BCUT2D eigenvalue weighted by Crippen LogP contribution is 2.28. The van der Waals surface area contributed by atoms with Crippen molar-refractivity contribution in [3.05, 3.63) is 39.4 Å². The Bertz CT molecular complexity index is 550. The first-order chi connectivity index (χ1) is 9.36. The van der Waals surface area contributed by atoms with E-state index >= 15 is 0 Å². The first-order valence-corrected chi connectivity index (χ1v) is 6.63. The van der Waals surface area contributed by atoms with Crippen molar-refractivity contribution in [2.24, 2.45) is 0 Å². The monoisotopic (exact) mass is 278 g/mol. The molecular formula is C14H18N2O4. The summed E-state index contributed by atoms with van der Waals surface area (Å²) in [4.78, 5) is 24.1. The lowest BCUT2D eigenvalue weighted by atomic mass is 9.88. The smallest absolute Gasteiger partial charge is 0.273 e. The second-order valence-electron chi connectivity index (χ2n) is 5.39. The van der Waals surface area contributed by atoms with Gasteiger partial charge in [-0.05, 0) is 19.4 Å². The van der Waals surface area contributed by atoms with E-state index in [-0.39, 0.29) is 11.6 Å². The first-order valence-electron chi connectivity index (χ1n) is 6.63. The van der Waals surface area contributed by atoms with Crippen LogP contribution in [0.15, 0.2) is 18.2 Å². The van der Waals surface area contributed by atoms with Crippen molar-refractivity contribution in [3.8, 4) is 0 Å². The molecule has 108 valence electrons. The van der Waals surface area contributed by atoms with E-state index in [1.807, 2.05) is 6.92 Å². The van der Waals surface area contributed by atoms with Crippen molar-refractivity contribution >= 4 is 11.6 Å². The van der Waals surface area contributed by atoms with Crippen LogP contribution in [0.5, 0.6) is 0 Å². The van der Waals surface area contributed by atoms with Crippen LogP contribution >= 0.6 is 0 Å². The highest BCUT2D eigenvalue weighted by Gasteiger charge is 2.43. The molecule has 1 aliphatic rings. The number of aryl methyl sites for hydroxylation is 1. The van der Waals surface area contributed by atoms with Gasteiger partial charge in [0.25, 0.3) is 11.6 Å². The molecule has 0 radical (unpaired) electrons. The fourth-order valence-corrected chi connectivity index (χ4v) is 2.55. The number of β-amino-alcohol motifs (C(OH)–C–C–N with tert-alkyl or cyclic N) is 1. The summed E-state index contributed by atoms with van der Waals surface area (Å²) in [7, 11) is 0. The van der Waals surface area contributed by atoms with Gasteiger partial charge >= 0.3 is 0 Å². The molecule has 1 amide bonds. The SMILES string of the molecule is CCCC1(O)CN(C(=O)c2ccc(C)c([N+](=O)[O-])c2)C1. The van der Waals surface area contributed by atoms with Gasteiger partial charge < -0.3 is 10.0 Å². The predicted octanol–water partition coefficient (Wildman–Crippen LogP) is 1.89. The number of rotatable bonds is 4. The third kappa shape index (κ3) is 2.65. The molecule has 6 nitrogen and oxygen atoms in total. The van der Waals surface area contributed by atoms with Gasteiger partial charge in [0.05, 0.1) is 23.6 Å². The largest absolute Gasteiger partial charge is 0.386 e. The van der Waals surface area contributed by atoms with Gasteiger partial charge in [-0.15, -0.1) is 0 Å². The topological polar surface area (TPSA) is 83.7 Å². The minimum absolute atomic E-state index is 0.0554. The van der Waals surface area contributed by atoms with Crippen LogP contribution in [0.4, 0.5) is 5.69 Å². The molecule has 1 aromatic rings. The van der Waals surface area contributed by atoms with Crippen LogP contribution in [-0.2, 0) is 0 Å². The van der Waals surface area contributed by atoms with Crippen LogP contribution in [0.25, 0.3) is 0 Å². The van der Waals surface area contributed by atoms with Gasteiger partial charge in [0, 0.05) is 17.2 Å². The molecule has 2 rings (SSSR count). The van der Waals surface area contributed by atoms with Crippen molar-refractivity contribution in [3.63, 3.8) is 0 Å². The third-order valence-corrected chi connectivity index (χ3v) is 3.63. The quantitative estimate of drug-likeness (QED) is 0.673. The molecule has 1 aromatic carbocycles. The van der Waals surface area contributed by atoms with E-state index in [0.29, 0.717) is 30.6 Å². The number of nitro benzene ring substituents is 1. The molecule has 0 atom stereocenters. The number of nitrogens with zero attached hydrogens (tertiary/aromatic N) is 2. The van der Waals surface area contributed by atoms with Crippen molar-refractivity contribution < 1.29 is 14.8 Å². The molecule has 1 N–H and O–H groups in total. The first kappa shape index (κ1) is 14.5. The van der Waals surface area contributed by atoms with Gasteiger partial charge in [-0.3, -0.25) is 14.9 Å². The van der Waals surface area contributed by atoms with E-state index < -0.39 is 10.5 Å². The lowest BCUT2D eigenvalue weighted by Crippen LogP contribution is -2.63. The standard InChI is InChI=1S/C14H18N2O4/c1-3-6-14(18)8-15(9-14)13(17)11-5-4-10(2)12(7-11)16(19)20/h4-5,7,18H,3,6,8-9H2,1-2H3. The molecule has 1 aliphatic heterocycles. The molecule has 0 bridgehead atoms. The molecular weight excluding hydrogens is 260 g/mol. The average molecular weight is 278 g/mol. The fraction of sp³-hybridized carbons (Fsp3) is 0.500. The zero-order valence-electron chi connectivity index (χ0n) is 11.6. The van der Waals surface area contributed by atoms with Crippen LogP contribution in [0.3, 0.4) is 0 Å². The number of carbonyl (C=O) groups excluding carboxylic acids is 1. The maximum atomic E-state index is 12.2. The lowest BCUT2D eigenvalue weighted by Gasteiger charge is -2.46. The minimum atomic E-state index is -0.791. The normalized spacial score (nSPS) is 16.6. The van der Waals surface area contributed by atoms with Crippen molar-refractivity contribution in [2.75, 3.05) is 13.1 Å². The summed E-state index contributed by atoms with van der Waals surface area (Å²) >= 11 is 0. The Morgan fingerprint density at radius 1 is 1.50 bits per heavy atom.